The fourth-order valence-corrected chi connectivity index (χ4v) is 6.33. The second-order valence-electron chi connectivity index (χ2n) is 5.25. The first-order valence-corrected chi connectivity index (χ1v) is 10.9. The van der Waals surface area contributed by atoms with Gasteiger partial charge in [0.15, 0.2) is 0 Å². The van der Waals surface area contributed by atoms with E-state index in [0.29, 0.717) is 6.42 Å². The molecule has 0 saturated heterocycles. The van der Waals surface area contributed by atoms with Crippen LogP contribution in [0.25, 0.3) is 0 Å². The minimum atomic E-state index is -2.85. The number of nitrogens with one attached hydrogen (secondary N) is 2. The Morgan fingerprint density at radius 3 is 2.38 bits per heavy atom. The molecule has 7 heteroatoms. The Morgan fingerprint density at radius 1 is 1.24 bits per heavy atom. The maximum absolute atomic E-state index is 12.8. The second kappa shape index (κ2) is 11.5. The van der Waals surface area contributed by atoms with Gasteiger partial charge in [0.2, 0.25) is 5.91 Å². The first-order chi connectivity index (χ1) is 9.91. The van der Waals surface area contributed by atoms with E-state index in [-0.39, 0.29) is 11.2 Å². The van der Waals surface area contributed by atoms with E-state index in [1.165, 1.54) is 16.1 Å². The van der Waals surface area contributed by atoms with Crippen LogP contribution in [-0.2, 0) is 9.36 Å². The highest BCUT2D eigenvalue weighted by Crippen LogP contribution is 2.59. The Bertz CT molecular complexity index is 342. The average Bonchev–Trinajstić information content (AvgIpc) is 2.49. The quantitative estimate of drug-likeness (QED) is 0.422. The lowest BCUT2D eigenvalue weighted by molar-refractivity contribution is -0.125. The van der Waals surface area contributed by atoms with E-state index in [1.807, 2.05) is 14.0 Å². The van der Waals surface area contributed by atoms with Crippen LogP contribution >= 0.6 is 18.0 Å². The van der Waals surface area contributed by atoms with Crippen LogP contribution in [0.2, 0.25) is 0 Å². The summed E-state index contributed by atoms with van der Waals surface area (Å²) in [5, 5.41) is 6.24. The van der Waals surface area contributed by atoms with E-state index in [1.54, 1.807) is 14.1 Å². The fraction of sp³-hybridized carbons (Fsp3) is 0.929. The van der Waals surface area contributed by atoms with Crippen molar-refractivity contribution >= 4 is 23.9 Å². The van der Waals surface area contributed by atoms with Gasteiger partial charge in [-0.1, -0.05) is 38.1 Å². The van der Waals surface area contributed by atoms with Gasteiger partial charge in [0.05, 0.1) is 0 Å². The third kappa shape index (κ3) is 8.24. The number of hydrogen-bond donors (Lipinski definition) is 2. The topological polar surface area (TPSA) is 61.4 Å². The van der Waals surface area contributed by atoms with Crippen molar-refractivity contribution in [1.82, 2.24) is 15.1 Å². The predicted octanol–water partition coefficient (Wildman–Crippen LogP) is 3.47. The van der Waals surface area contributed by atoms with Crippen molar-refractivity contribution in [3.8, 4) is 0 Å². The SMILES string of the molecule is CCC(C)SP(=O)(NC)N(C)C(=O)CCCCCCNC. The van der Waals surface area contributed by atoms with Crippen LogP contribution in [0.1, 0.15) is 52.4 Å². The highest BCUT2D eigenvalue weighted by atomic mass is 32.7. The van der Waals surface area contributed by atoms with Crippen molar-refractivity contribution < 1.29 is 9.36 Å². The maximum Gasteiger partial charge on any atom is 0.294 e. The molecule has 0 aromatic heterocycles. The van der Waals surface area contributed by atoms with Crippen LogP contribution in [0.5, 0.6) is 0 Å². The molecule has 0 fully saturated rings. The molecular formula is C14H32N3O2PS. The molecule has 0 aromatic carbocycles. The fourth-order valence-electron chi connectivity index (χ4n) is 1.83. The van der Waals surface area contributed by atoms with Gasteiger partial charge < -0.3 is 5.32 Å². The van der Waals surface area contributed by atoms with Crippen molar-refractivity contribution in [2.24, 2.45) is 0 Å². The molecule has 5 nitrogen and oxygen atoms in total. The highest BCUT2D eigenvalue weighted by molar-refractivity contribution is 8.57. The third-order valence-corrected chi connectivity index (χ3v) is 9.28. The monoisotopic (exact) mass is 337 g/mol. The number of rotatable bonds is 12. The van der Waals surface area contributed by atoms with Crippen molar-refractivity contribution in [1.29, 1.82) is 0 Å². The Kier molecular flexibility index (Phi) is 11.5. The van der Waals surface area contributed by atoms with Crippen molar-refractivity contribution in [3.63, 3.8) is 0 Å². The molecule has 0 aromatic rings. The molecule has 2 unspecified atom stereocenters. The third-order valence-electron chi connectivity index (χ3n) is 3.50. The van der Waals surface area contributed by atoms with Crippen molar-refractivity contribution in [2.75, 3.05) is 27.7 Å². The lowest BCUT2D eigenvalue weighted by Gasteiger charge is -2.28. The number of carbonyl (C=O) groups excluding carboxylic acids is 1. The molecule has 0 saturated carbocycles. The summed E-state index contributed by atoms with van der Waals surface area (Å²) >= 11 is 1.38. The van der Waals surface area contributed by atoms with Gasteiger partial charge in [-0.15, -0.1) is 0 Å². The zero-order chi connectivity index (χ0) is 16.3. The summed E-state index contributed by atoms with van der Waals surface area (Å²) in [5.41, 5.74) is 0. The second-order valence-corrected chi connectivity index (χ2v) is 10.5. The Morgan fingerprint density at radius 2 is 1.86 bits per heavy atom. The van der Waals surface area contributed by atoms with Gasteiger partial charge in [0.1, 0.15) is 0 Å². The smallest absolute Gasteiger partial charge is 0.294 e. The average molecular weight is 337 g/mol. The Labute approximate surface area is 134 Å². The number of amides is 1. The number of nitrogens with zero attached hydrogens (tertiary/aromatic N) is 1. The summed E-state index contributed by atoms with van der Waals surface area (Å²) in [6.45, 7) is 2.27. The van der Waals surface area contributed by atoms with Crippen molar-refractivity contribution in [3.05, 3.63) is 0 Å². The van der Waals surface area contributed by atoms with E-state index < -0.39 is 6.65 Å². The summed E-state index contributed by atoms with van der Waals surface area (Å²) in [5.74, 6) is -0.0305. The number of hydrogen-bond acceptors (Lipinski definition) is 4. The molecule has 0 rings (SSSR count). The Balaban J connectivity index is 4.23. The van der Waals surface area contributed by atoms with Crippen LogP contribution < -0.4 is 10.4 Å². The lowest BCUT2D eigenvalue weighted by atomic mass is 10.1. The van der Waals surface area contributed by atoms with Gasteiger partial charge in [-0.3, -0.25) is 14.0 Å². The minimum Gasteiger partial charge on any atom is -0.320 e. The van der Waals surface area contributed by atoms with Gasteiger partial charge in [-0.2, -0.15) is 0 Å². The summed E-state index contributed by atoms with van der Waals surface area (Å²) in [7, 11) is 5.26. The molecule has 0 heterocycles. The van der Waals surface area contributed by atoms with E-state index in [2.05, 4.69) is 17.3 Å². The molecule has 0 aliphatic heterocycles. The molecule has 126 valence electrons. The first kappa shape index (κ1) is 21.0. The zero-order valence-corrected chi connectivity index (χ0v) is 15.9. The van der Waals surface area contributed by atoms with Gasteiger partial charge >= 0.3 is 0 Å². The Hall–Kier alpha value is -0.0300. The van der Waals surface area contributed by atoms with Gasteiger partial charge in [-0.05, 0) is 39.9 Å². The molecular weight excluding hydrogens is 305 g/mol. The molecule has 0 radical (unpaired) electrons. The van der Waals surface area contributed by atoms with E-state index >= 15 is 0 Å². The van der Waals surface area contributed by atoms with E-state index in [4.69, 9.17) is 0 Å². The maximum atomic E-state index is 12.8. The largest absolute Gasteiger partial charge is 0.320 e. The van der Waals surface area contributed by atoms with Gasteiger partial charge in [0, 0.05) is 18.7 Å². The zero-order valence-electron chi connectivity index (χ0n) is 14.1. The van der Waals surface area contributed by atoms with Crippen LogP contribution in [-0.4, -0.2) is 43.5 Å². The number of unbranched alkanes of at least 4 members (excludes halogenated alkanes) is 3. The predicted molar refractivity (Wildman–Crippen MR) is 93.8 cm³/mol. The standard InChI is InChI=1S/C14H32N3O2PS/c1-6-13(2)21-20(19,16-4)17(5)14(18)11-9-7-8-10-12-15-3/h13,15H,6-12H2,1-5H3,(H,16,19). The van der Waals surface area contributed by atoms with Crippen molar-refractivity contribution in [2.45, 2.75) is 57.6 Å². The summed E-state index contributed by atoms with van der Waals surface area (Å²) < 4.78 is 14.2. The van der Waals surface area contributed by atoms with E-state index in [0.717, 1.165) is 38.6 Å². The summed E-state index contributed by atoms with van der Waals surface area (Å²) in [6, 6.07) is 0. The molecule has 2 atom stereocenters. The van der Waals surface area contributed by atoms with Gasteiger partial charge in [0.25, 0.3) is 6.65 Å². The highest BCUT2D eigenvalue weighted by Gasteiger charge is 2.31. The lowest BCUT2D eigenvalue weighted by Crippen LogP contribution is -2.28. The normalized spacial score (nSPS) is 15.5. The molecule has 2 N–H and O–H groups in total. The molecule has 0 aliphatic carbocycles. The van der Waals surface area contributed by atoms with Gasteiger partial charge in [-0.25, -0.2) is 5.09 Å². The number of carbonyl (C=O) groups is 1. The summed E-state index contributed by atoms with van der Waals surface area (Å²) in [6.07, 6.45) is 5.59. The summed E-state index contributed by atoms with van der Waals surface area (Å²) in [4.78, 5) is 12.2. The molecule has 0 bridgehead atoms. The van der Waals surface area contributed by atoms with Crippen LogP contribution in [0.15, 0.2) is 0 Å². The van der Waals surface area contributed by atoms with E-state index in [9.17, 15) is 9.36 Å². The first-order valence-electron chi connectivity index (χ1n) is 7.80. The molecule has 0 aliphatic rings. The van der Waals surface area contributed by atoms with Crippen LogP contribution in [0.4, 0.5) is 0 Å². The molecule has 21 heavy (non-hydrogen) atoms. The van der Waals surface area contributed by atoms with Crippen LogP contribution in [0, 0.1) is 0 Å². The molecule has 0 spiro atoms. The van der Waals surface area contributed by atoms with Crippen LogP contribution in [0.3, 0.4) is 0 Å². The molecule has 1 amide bonds. The minimum absolute atomic E-state index is 0.0305.